The summed E-state index contributed by atoms with van der Waals surface area (Å²) in [5, 5.41) is 14.3. The van der Waals surface area contributed by atoms with Gasteiger partial charge in [-0.2, -0.15) is 0 Å². The molecule has 0 saturated carbocycles. The second kappa shape index (κ2) is 16.6. The van der Waals surface area contributed by atoms with E-state index < -0.39 is 5.41 Å². The lowest BCUT2D eigenvalue weighted by Crippen LogP contribution is -2.36. The molecular formula is C62H63N6O+. The van der Waals surface area contributed by atoms with E-state index in [0.29, 0.717) is 5.92 Å². The van der Waals surface area contributed by atoms with Gasteiger partial charge < -0.3 is 26.0 Å². The van der Waals surface area contributed by atoms with Crippen LogP contribution in [0.25, 0.3) is 11.1 Å². The molecule has 69 heavy (non-hydrogen) atoms. The predicted octanol–water partition coefficient (Wildman–Crippen LogP) is 11.1. The van der Waals surface area contributed by atoms with Crippen molar-refractivity contribution in [2.75, 3.05) is 6.54 Å². The summed E-state index contributed by atoms with van der Waals surface area (Å²) < 4.78 is 4.78. The second-order valence-corrected chi connectivity index (χ2v) is 20.8. The van der Waals surface area contributed by atoms with E-state index in [-0.39, 0.29) is 41.5 Å². The van der Waals surface area contributed by atoms with Gasteiger partial charge in [0.1, 0.15) is 11.4 Å². The molecule has 3 aromatic carbocycles. The van der Waals surface area contributed by atoms with Gasteiger partial charge in [0, 0.05) is 59.7 Å². The van der Waals surface area contributed by atoms with Crippen molar-refractivity contribution >= 4 is 29.3 Å². The number of aliphatic imine (C=N–C) groups is 1. The molecule has 0 amide bonds. The van der Waals surface area contributed by atoms with Crippen LogP contribution in [0.15, 0.2) is 190 Å². The summed E-state index contributed by atoms with van der Waals surface area (Å²) >= 11 is 0. The maximum atomic E-state index is 10.8. The number of likely N-dealkylation sites (tertiary alicyclic amines) is 2. The minimum atomic E-state index is -0.518. The highest BCUT2D eigenvalue weighted by Gasteiger charge is 2.54. The minimum absolute atomic E-state index is 0.124. The highest BCUT2D eigenvalue weighted by Crippen LogP contribution is 2.62. The van der Waals surface area contributed by atoms with Gasteiger partial charge in [-0.05, 0) is 180 Å². The molecule has 2 fully saturated rings. The van der Waals surface area contributed by atoms with Crippen LogP contribution in [-0.2, 0) is 11.8 Å². The third-order valence-electron chi connectivity index (χ3n) is 17.0. The number of nitrogens with two attached hydrogens (primary N) is 1. The van der Waals surface area contributed by atoms with Crippen LogP contribution in [0, 0.1) is 29.6 Å². The number of aromatic hydroxyl groups is 1. The van der Waals surface area contributed by atoms with Crippen molar-refractivity contribution in [3.05, 3.63) is 218 Å². The van der Waals surface area contributed by atoms with E-state index in [1.165, 1.54) is 95.2 Å². The fourth-order valence-electron chi connectivity index (χ4n) is 14.1. The Kier molecular flexibility index (Phi) is 10.4. The summed E-state index contributed by atoms with van der Waals surface area (Å²) in [5.74, 6) is 1.51. The standard InChI is InChI=1S/C62H62N6O/c1-7-41-8-12-44(13-9-41)62(45-14-16-48(69)17-15-45)53-32-42(59-36(2)28-46(29-37(59)3)67-55(20-24-63)40(6)61-58(67)23-27-66-61)10-18-49(53)50-19-11-43(33-54(50)62)60-38(4)30-47(31-39(60)5)68-56-21-25-64-34-51(56)52-35-65-26-22-57(52)68/h8-25,27-28,30,32,34-35,37,39-40,51,54-56,65H,7,26,29,31,33,63H2,1-6H3/p+1. The number of aryl methyl sites for hydroxylation is 1. The fourth-order valence-corrected chi connectivity index (χ4v) is 14.1. The first-order valence-electron chi connectivity index (χ1n) is 25.3. The van der Waals surface area contributed by atoms with E-state index >= 15 is 0 Å². The summed E-state index contributed by atoms with van der Waals surface area (Å²) in [4.78, 5) is 9.66. The molecule has 8 unspecified atom stereocenters. The number of phenols is 1. The molecule has 8 atom stereocenters. The van der Waals surface area contributed by atoms with E-state index in [2.05, 4.69) is 177 Å². The van der Waals surface area contributed by atoms with Gasteiger partial charge in [0.15, 0.2) is 0 Å². The molecule has 5 heterocycles. The summed E-state index contributed by atoms with van der Waals surface area (Å²) in [5.41, 5.74) is 29.3. The molecule has 0 radical (unpaired) electrons. The van der Waals surface area contributed by atoms with E-state index in [1.54, 1.807) is 6.20 Å². The van der Waals surface area contributed by atoms with Crippen LogP contribution >= 0.6 is 0 Å². The number of benzene rings is 3. The van der Waals surface area contributed by atoms with Crippen LogP contribution in [-0.4, -0.2) is 51.7 Å². The first kappa shape index (κ1) is 43.2. The highest BCUT2D eigenvalue weighted by atomic mass is 16.3. The molecule has 0 aromatic heterocycles. The number of nitrogens with zero attached hydrogens (tertiary/aromatic N) is 4. The number of allylic oxidation sites excluding steroid dienone is 15. The average Bonchev–Trinajstić information content (AvgIpc) is 4.10. The van der Waals surface area contributed by atoms with Crippen LogP contribution in [0.5, 0.6) is 5.75 Å². The summed E-state index contributed by atoms with van der Waals surface area (Å²) in [7, 11) is 0. The van der Waals surface area contributed by atoms with Crippen LogP contribution in [0.1, 0.15) is 94.2 Å². The number of hydrogen-bond acceptors (Lipinski definition) is 6. The first-order chi connectivity index (χ1) is 33.6. The van der Waals surface area contributed by atoms with Gasteiger partial charge in [0.25, 0.3) is 6.21 Å². The van der Waals surface area contributed by atoms with Gasteiger partial charge in [0.05, 0.1) is 29.5 Å². The number of nitrogens with one attached hydrogen (secondary N) is 1. The van der Waals surface area contributed by atoms with Crippen molar-refractivity contribution in [3.63, 3.8) is 0 Å². The third-order valence-corrected chi connectivity index (χ3v) is 17.0. The van der Waals surface area contributed by atoms with Crippen molar-refractivity contribution < 1.29 is 5.11 Å². The molecule has 2 saturated heterocycles. The normalized spacial score (nSPS) is 29.6. The topological polar surface area (TPSA) is 91.2 Å². The molecule has 3 aromatic rings. The van der Waals surface area contributed by atoms with Gasteiger partial charge in [0.2, 0.25) is 0 Å². The Morgan fingerprint density at radius 2 is 1.57 bits per heavy atom. The van der Waals surface area contributed by atoms with E-state index in [4.69, 9.17) is 10.4 Å². The van der Waals surface area contributed by atoms with E-state index in [9.17, 15) is 5.11 Å². The van der Waals surface area contributed by atoms with E-state index in [0.717, 1.165) is 37.9 Å². The van der Waals surface area contributed by atoms with Gasteiger partial charge in [-0.25, -0.2) is 0 Å². The molecule has 4 N–H and O–H groups in total. The third kappa shape index (κ3) is 6.53. The highest BCUT2D eigenvalue weighted by molar-refractivity contribution is 6.10. The second-order valence-electron chi connectivity index (χ2n) is 20.8. The monoisotopic (exact) mass is 908 g/mol. The Balaban J connectivity index is 0.984. The van der Waals surface area contributed by atoms with Crippen molar-refractivity contribution in [2.45, 2.75) is 84.7 Å². The van der Waals surface area contributed by atoms with Crippen LogP contribution < -0.4 is 15.7 Å². The van der Waals surface area contributed by atoms with Crippen LogP contribution in [0.4, 0.5) is 0 Å². The lowest BCUT2D eigenvalue weighted by Gasteiger charge is -2.41. The summed E-state index contributed by atoms with van der Waals surface area (Å²) in [6, 6.07) is 25.4. The number of hydrogen-bond donors (Lipinski definition) is 3. The Morgan fingerprint density at radius 3 is 2.29 bits per heavy atom. The molecule has 0 spiro atoms. The summed E-state index contributed by atoms with van der Waals surface area (Å²) in [6.07, 6.45) is 32.5. The lowest BCUT2D eigenvalue weighted by atomic mass is 9.61. The molecule has 9 aliphatic rings. The predicted molar refractivity (Wildman–Crippen MR) is 284 cm³/mol. The molecular weight excluding hydrogens is 845 g/mol. The van der Waals surface area contributed by atoms with Crippen molar-refractivity contribution in [1.29, 1.82) is 0 Å². The molecule has 4 aliphatic carbocycles. The molecule has 12 rings (SSSR count). The minimum Gasteiger partial charge on any atom is -0.508 e. The number of dihydropyridines is 1. The summed E-state index contributed by atoms with van der Waals surface area (Å²) in [6.45, 7) is 14.8. The van der Waals surface area contributed by atoms with Crippen LogP contribution in [0.3, 0.4) is 0 Å². The molecule has 7 heteroatoms. The fraction of sp³-hybridized carbons (Fsp3) is 0.306. The molecule has 7 nitrogen and oxygen atoms in total. The van der Waals surface area contributed by atoms with Gasteiger partial charge in [-0.1, -0.05) is 86.1 Å². The van der Waals surface area contributed by atoms with Crippen molar-refractivity contribution in [1.82, 2.24) is 19.8 Å². The first-order valence-corrected chi connectivity index (χ1v) is 25.3. The zero-order valence-electron chi connectivity index (χ0n) is 40.7. The largest absolute Gasteiger partial charge is 0.508 e. The maximum Gasteiger partial charge on any atom is 0.332 e. The van der Waals surface area contributed by atoms with Crippen molar-refractivity contribution in [3.8, 4) is 5.75 Å². The number of phenolic OH excluding ortho intramolecular Hbond substituents is 1. The van der Waals surface area contributed by atoms with Gasteiger partial charge in [-0.15, -0.1) is 0 Å². The molecule has 5 aliphatic heterocycles. The van der Waals surface area contributed by atoms with E-state index in [1.807, 2.05) is 24.5 Å². The van der Waals surface area contributed by atoms with Crippen molar-refractivity contribution in [2.24, 2.45) is 40.3 Å². The Morgan fingerprint density at radius 1 is 0.841 bits per heavy atom. The molecule has 346 valence electrons. The zero-order chi connectivity index (χ0) is 47.3. The maximum absolute atomic E-state index is 10.8. The van der Waals surface area contributed by atoms with Crippen LogP contribution in [0.2, 0.25) is 0 Å². The number of rotatable bonds is 8. The smallest absolute Gasteiger partial charge is 0.332 e. The quantitative estimate of drug-likeness (QED) is 0.196. The Bertz CT molecular complexity index is 3170. The zero-order valence-corrected chi connectivity index (χ0v) is 40.7. The average molecular weight is 908 g/mol. The molecule has 0 bridgehead atoms. The number of fused-ring (bicyclic) bond motifs is 7. The van der Waals surface area contributed by atoms with Gasteiger partial charge >= 0.3 is 5.71 Å². The Labute approximate surface area is 407 Å². The lowest BCUT2D eigenvalue weighted by molar-refractivity contribution is 0.353. The SMILES string of the molecule is CCc1ccc(C2(c3ccc(O)cc3)c3cc(C4=C(C)C=C(N5C6=CC=[N+]=C6C(C)C5C=CN)CC4C)ccc3C3=CC=C(C4=C(C)C=C(N5C6=CCNC=C6C6C=NC=CC65)CC4C)CC32)cc1. The Hall–Kier alpha value is -7.08. The van der Waals surface area contributed by atoms with Gasteiger partial charge in [-0.3, -0.25) is 4.99 Å².